The zero-order valence-electron chi connectivity index (χ0n) is 14.1. The second-order valence-corrected chi connectivity index (χ2v) is 6.20. The third kappa shape index (κ3) is 4.56. The van der Waals surface area contributed by atoms with Gasteiger partial charge in [-0.1, -0.05) is 24.1 Å². The Labute approximate surface area is 148 Å². The highest BCUT2D eigenvalue weighted by atomic mass is 19.4. The van der Waals surface area contributed by atoms with Gasteiger partial charge in [-0.2, -0.15) is 13.2 Å². The van der Waals surface area contributed by atoms with Crippen molar-refractivity contribution in [2.75, 3.05) is 13.1 Å². The van der Waals surface area contributed by atoms with Crippen molar-refractivity contribution in [2.24, 2.45) is 0 Å². The first-order valence-electron chi connectivity index (χ1n) is 8.48. The molecular formula is C18H19F3N2O3. The molecule has 0 atom stereocenters. The molecule has 2 heterocycles. The molecule has 3 rings (SSSR count). The first-order valence-corrected chi connectivity index (χ1v) is 8.48. The highest BCUT2D eigenvalue weighted by Crippen LogP contribution is 2.31. The number of amides is 1. The maximum Gasteiger partial charge on any atom is 0.416 e. The van der Waals surface area contributed by atoms with E-state index in [2.05, 4.69) is 5.16 Å². The summed E-state index contributed by atoms with van der Waals surface area (Å²) in [5.41, 5.74) is -0.598. The van der Waals surface area contributed by atoms with Crippen molar-refractivity contribution < 1.29 is 27.2 Å². The molecule has 1 aliphatic rings. The van der Waals surface area contributed by atoms with E-state index in [1.54, 1.807) is 4.90 Å². The summed E-state index contributed by atoms with van der Waals surface area (Å²) in [7, 11) is 0. The van der Waals surface area contributed by atoms with Gasteiger partial charge < -0.3 is 14.2 Å². The van der Waals surface area contributed by atoms with Crippen LogP contribution in [0.4, 0.5) is 13.2 Å². The fraction of sp³-hybridized carbons (Fsp3) is 0.444. The summed E-state index contributed by atoms with van der Waals surface area (Å²) in [6, 6.07) is 6.06. The molecule has 0 unspecified atom stereocenters. The molecule has 140 valence electrons. The van der Waals surface area contributed by atoms with Gasteiger partial charge in [0.2, 0.25) is 0 Å². The van der Waals surface area contributed by atoms with Crippen LogP contribution in [0.3, 0.4) is 0 Å². The highest BCUT2D eigenvalue weighted by molar-refractivity contribution is 5.92. The number of ether oxygens (including phenoxy) is 1. The molecule has 1 amide bonds. The minimum Gasteiger partial charge on any atom is -0.486 e. The lowest BCUT2D eigenvalue weighted by Crippen LogP contribution is -2.32. The van der Waals surface area contributed by atoms with E-state index < -0.39 is 11.7 Å². The Morgan fingerprint density at radius 1 is 1.15 bits per heavy atom. The Bertz CT molecular complexity index is 750. The first-order chi connectivity index (χ1) is 12.4. The molecule has 1 fully saturated rings. The van der Waals surface area contributed by atoms with Crippen LogP contribution in [0.15, 0.2) is 34.9 Å². The second-order valence-electron chi connectivity index (χ2n) is 6.20. The summed E-state index contributed by atoms with van der Waals surface area (Å²) in [5, 5.41) is 3.76. The smallest absolute Gasteiger partial charge is 0.416 e. The normalized spacial score (nSPS) is 15.6. The van der Waals surface area contributed by atoms with Gasteiger partial charge in [0.15, 0.2) is 11.5 Å². The van der Waals surface area contributed by atoms with Gasteiger partial charge >= 0.3 is 6.18 Å². The molecule has 1 aliphatic heterocycles. The van der Waals surface area contributed by atoms with Crippen LogP contribution in [0.2, 0.25) is 0 Å². The SMILES string of the molecule is O=C(c1cc(COc2cccc(C(F)(F)F)c2)on1)N1CCCCCC1. The van der Waals surface area contributed by atoms with E-state index in [9.17, 15) is 18.0 Å². The Morgan fingerprint density at radius 2 is 1.88 bits per heavy atom. The van der Waals surface area contributed by atoms with Crippen LogP contribution in [0.5, 0.6) is 5.75 Å². The minimum atomic E-state index is -4.43. The molecule has 0 aliphatic carbocycles. The predicted octanol–water partition coefficient (Wildman–Crippen LogP) is 4.29. The Hall–Kier alpha value is -2.51. The van der Waals surface area contributed by atoms with E-state index in [0.29, 0.717) is 13.1 Å². The Kier molecular flexibility index (Phi) is 5.49. The number of hydrogen-bond donors (Lipinski definition) is 0. The standard InChI is InChI=1S/C18H19F3N2O3/c19-18(20,21)13-6-5-7-14(10-13)25-12-15-11-16(22-26-15)17(24)23-8-3-1-2-4-9-23/h5-7,10-11H,1-4,8-9,12H2. The van der Waals surface area contributed by atoms with Gasteiger partial charge in [0.25, 0.3) is 5.91 Å². The number of halogens is 3. The number of carbonyl (C=O) groups is 1. The fourth-order valence-corrected chi connectivity index (χ4v) is 2.83. The van der Waals surface area contributed by atoms with Crippen LogP contribution in [0, 0.1) is 0 Å². The molecule has 0 N–H and O–H groups in total. The van der Waals surface area contributed by atoms with Crippen LogP contribution in [-0.4, -0.2) is 29.1 Å². The van der Waals surface area contributed by atoms with Crippen molar-refractivity contribution in [3.63, 3.8) is 0 Å². The second kappa shape index (κ2) is 7.80. The van der Waals surface area contributed by atoms with Crippen molar-refractivity contribution in [2.45, 2.75) is 38.5 Å². The van der Waals surface area contributed by atoms with Crippen LogP contribution < -0.4 is 4.74 Å². The molecule has 0 spiro atoms. The van der Waals surface area contributed by atoms with E-state index in [0.717, 1.165) is 37.8 Å². The van der Waals surface area contributed by atoms with Crippen molar-refractivity contribution in [3.05, 3.63) is 47.3 Å². The van der Waals surface area contributed by atoms with Gasteiger partial charge in [0.1, 0.15) is 12.4 Å². The molecule has 1 saturated heterocycles. The zero-order chi connectivity index (χ0) is 18.6. The van der Waals surface area contributed by atoms with E-state index in [1.165, 1.54) is 18.2 Å². The van der Waals surface area contributed by atoms with Crippen molar-refractivity contribution in [3.8, 4) is 5.75 Å². The monoisotopic (exact) mass is 368 g/mol. The molecule has 1 aromatic heterocycles. The van der Waals surface area contributed by atoms with Crippen LogP contribution in [0.1, 0.15) is 47.5 Å². The van der Waals surface area contributed by atoms with Crippen molar-refractivity contribution >= 4 is 5.91 Å². The summed E-state index contributed by atoms with van der Waals surface area (Å²) in [6.07, 6.45) is -0.278. The molecule has 0 radical (unpaired) electrons. The van der Waals surface area contributed by atoms with Crippen LogP contribution in [0.25, 0.3) is 0 Å². The zero-order valence-corrected chi connectivity index (χ0v) is 14.1. The van der Waals surface area contributed by atoms with Gasteiger partial charge in [0, 0.05) is 19.2 Å². The number of carbonyl (C=O) groups excluding carboxylic acids is 1. The Morgan fingerprint density at radius 3 is 2.58 bits per heavy atom. The molecule has 8 heteroatoms. The quantitative estimate of drug-likeness (QED) is 0.808. The molecule has 26 heavy (non-hydrogen) atoms. The van der Waals surface area contributed by atoms with Crippen molar-refractivity contribution in [1.29, 1.82) is 0 Å². The summed E-state index contributed by atoms with van der Waals surface area (Å²) in [4.78, 5) is 14.2. The average molecular weight is 368 g/mol. The van der Waals surface area contributed by atoms with Gasteiger partial charge in [-0.15, -0.1) is 0 Å². The van der Waals surface area contributed by atoms with E-state index in [-0.39, 0.29) is 29.7 Å². The molecule has 0 saturated carbocycles. The fourth-order valence-electron chi connectivity index (χ4n) is 2.83. The predicted molar refractivity (Wildman–Crippen MR) is 86.7 cm³/mol. The Balaban J connectivity index is 1.61. The van der Waals surface area contributed by atoms with E-state index in [4.69, 9.17) is 9.26 Å². The third-order valence-corrected chi connectivity index (χ3v) is 4.21. The van der Waals surface area contributed by atoms with Gasteiger partial charge in [-0.25, -0.2) is 0 Å². The van der Waals surface area contributed by atoms with E-state index in [1.807, 2.05) is 0 Å². The maximum atomic E-state index is 12.7. The third-order valence-electron chi connectivity index (χ3n) is 4.21. The molecule has 2 aromatic rings. The van der Waals surface area contributed by atoms with Gasteiger partial charge in [-0.3, -0.25) is 4.79 Å². The number of likely N-dealkylation sites (tertiary alicyclic amines) is 1. The first kappa shape index (κ1) is 18.3. The number of rotatable bonds is 4. The number of benzene rings is 1. The molecular weight excluding hydrogens is 349 g/mol. The number of aromatic nitrogens is 1. The van der Waals surface area contributed by atoms with Gasteiger partial charge in [-0.05, 0) is 31.0 Å². The summed E-state index contributed by atoms with van der Waals surface area (Å²) in [5.74, 6) is 0.151. The molecule has 0 bridgehead atoms. The number of hydrogen-bond acceptors (Lipinski definition) is 4. The lowest BCUT2D eigenvalue weighted by molar-refractivity contribution is -0.137. The highest BCUT2D eigenvalue weighted by Gasteiger charge is 2.30. The summed E-state index contributed by atoms with van der Waals surface area (Å²) >= 11 is 0. The maximum absolute atomic E-state index is 12.7. The van der Waals surface area contributed by atoms with Gasteiger partial charge in [0.05, 0.1) is 5.56 Å². The lowest BCUT2D eigenvalue weighted by Gasteiger charge is -2.18. The lowest BCUT2D eigenvalue weighted by atomic mass is 10.2. The largest absolute Gasteiger partial charge is 0.486 e. The minimum absolute atomic E-state index is 0.0663. The van der Waals surface area contributed by atoms with E-state index >= 15 is 0 Å². The molecule has 5 nitrogen and oxygen atoms in total. The topological polar surface area (TPSA) is 55.6 Å². The van der Waals surface area contributed by atoms with Crippen LogP contribution >= 0.6 is 0 Å². The molecule has 1 aromatic carbocycles. The van der Waals surface area contributed by atoms with Crippen LogP contribution in [-0.2, 0) is 12.8 Å². The summed E-state index contributed by atoms with van der Waals surface area (Å²) in [6.45, 7) is 1.28. The van der Waals surface area contributed by atoms with Crippen molar-refractivity contribution in [1.82, 2.24) is 10.1 Å². The summed E-state index contributed by atoms with van der Waals surface area (Å²) < 4.78 is 48.5. The number of alkyl halides is 3. The number of nitrogens with zero attached hydrogens (tertiary/aromatic N) is 2. The average Bonchev–Trinajstić information content (AvgIpc) is 2.92.